The fourth-order valence-corrected chi connectivity index (χ4v) is 4.36. The molecule has 0 unspecified atom stereocenters. The first-order chi connectivity index (χ1) is 14.8. The Kier molecular flexibility index (Phi) is 5.47. The molecule has 10 heteroatoms. The van der Waals surface area contributed by atoms with Gasteiger partial charge in [0.25, 0.3) is 11.4 Å². The van der Waals surface area contributed by atoms with E-state index < -0.39 is 9.85 Å². The van der Waals surface area contributed by atoms with Crippen molar-refractivity contribution in [3.63, 3.8) is 0 Å². The fourth-order valence-electron chi connectivity index (χ4n) is 4.20. The number of hydrogen-bond donors (Lipinski definition) is 1. The van der Waals surface area contributed by atoms with E-state index in [2.05, 4.69) is 0 Å². The lowest BCUT2D eigenvalue weighted by atomic mass is 9.77. The van der Waals surface area contributed by atoms with Crippen LogP contribution in [0.15, 0.2) is 59.2 Å². The molecule has 2 aliphatic rings. The number of nitrogens with zero attached hydrogens (tertiary/aromatic N) is 4. The van der Waals surface area contributed by atoms with Crippen LogP contribution in [0.25, 0.3) is 6.08 Å². The van der Waals surface area contributed by atoms with Gasteiger partial charge in [-0.05, 0) is 66.4 Å². The predicted octanol–water partition coefficient (Wildman–Crippen LogP) is 4.34. The smallest absolute Gasteiger partial charge is 0.269 e. The van der Waals surface area contributed by atoms with Gasteiger partial charge in [0, 0.05) is 30.2 Å². The highest BCUT2D eigenvalue weighted by molar-refractivity contribution is 7.80. The summed E-state index contributed by atoms with van der Waals surface area (Å²) in [5.41, 5.74) is 9.66. The standard InChI is InChI=1S/C21H19N5O4S/c22-21(31)24-20(14-6-10-17(11-7-14)26(29)30)18-3-1-2-15(19(18)23-24)12-13-4-8-16(9-5-13)25(27)28/h4-12,18,20H,1-3H2,(H2,22,31)/b15-12+/t18-,20-/m0/s1. The zero-order valence-corrected chi connectivity index (χ0v) is 17.2. The second kappa shape index (κ2) is 8.23. The molecule has 1 fully saturated rings. The molecule has 2 aromatic rings. The highest BCUT2D eigenvalue weighted by Crippen LogP contribution is 2.44. The van der Waals surface area contributed by atoms with Crippen molar-refractivity contribution in [2.45, 2.75) is 25.3 Å². The average Bonchev–Trinajstić information content (AvgIpc) is 3.15. The van der Waals surface area contributed by atoms with Gasteiger partial charge in [-0.15, -0.1) is 0 Å². The molecule has 0 amide bonds. The SMILES string of the molecule is NC(=S)N1N=C2/C(=C/c3ccc([N+](=O)[O-])cc3)CCC[C@@H]2[C@@H]1c1ccc([N+](=O)[O-])cc1. The second-order valence-corrected chi connectivity index (χ2v) is 7.90. The monoisotopic (exact) mass is 437 g/mol. The highest BCUT2D eigenvalue weighted by Gasteiger charge is 2.42. The van der Waals surface area contributed by atoms with E-state index in [4.69, 9.17) is 23.1 Å². The molecule has 2 N–H and O–H groups in total. The zero-order chi connectivity index (χ0) is 22.1. The van der Waals surface area contributed by atoms with E-state index in [0.717, 1.165) is 41.7 Å². The normalized spacial score (nSPS) is 21.5. The number of nitro benzene ring substituents is 2. The number of nitro groups is 2. The van der Waals surface area contributed by atoms with Crippen LogP contribution in [0.4, 0.5) is 11.4 Å². The summed E-state index contributed by atoms with van der Waals surface area (Å²) in [6.07, 6.45) is 4.64. The van der Waals surface area contributed by atoms with Gasteiger partial charge < -0.3 is 5.73 Å². The minimum absolute atomic E-state index is 0.0205. The summed E-state index contributed by atoms with van der Waals surface area (Å²) in [6, 6.07) is 12.5. The van der Waals surface area contributed by atoms with Gasteiger partial charge in [0.05, 0.1) is 21.6 Å². The molecule has 158 valence electrons. The number of thiocarbonyl (C=S) groups is 1. The van der Waals surface area contributed by atoms with Crippen LogP contribution in [0.3, 0.4) is 0 Å². The number of benzene rings is 2. The van der Waals surface area contributed by atoms with Gasteiger partial charge >= 0.3 is 0 Å². The van der Waals surface area contributed by atoms with Crippen LogP contribution in [0, 0.1) is 26.1 Å². The van der Waals surface area contributed by atoms with Crippen molar-refractivity contribution < 1.29 is 9.85 Å². The molecule has 9 nitrogen and oxygen atoms in total. The maximum absolute atomic E-state index is 11.0. The van der Waals surface area contributed by atoms with E-state index in [-0.39, 0.29) is 28.4 Å². The second-order valence-electron chi connectivity index (χ2n) is 7.48. The molecule has 1 saturated carbocycles. The molecule has 1 aliphatic heterocycles. The van der Waals surface area contributed by atoms with Crippen molar-refractivity contribution in [2.24, 2.45) is 16.8 Å². The number of hydrazone groups is 1. The van der Waals surface area contributed by atoms with E-state index in [1.807, 2.05) is 6.08 Å². The van der Waals surface area contributed by atoms with E-state index in [9.17, 15) is 20.2 Å². The summed E-state index contributed by atoms with van der Waals surface area (Å²) in [7, 11) is 0. The molecular formula is C21H19N5O4S. The van der Waals surface area contributed by atoms with Gasteiger partial charge in [-0.3, -0.25) is 20.2 Å². The van der Waals surface area contributed by atoms with Crippen LogP contribution in [0.2, 0.25) is 0 Å². The lowest BCUT2D eigenvalue weighted by Gasteiger charge is -2.29. The topological polar surface area (TPSA) is 128 Å². The predicted molar refractivity (Wildman–Crippen MR) is 120 cm³/mol. The van der Waals surface area contributed by atoms with Crippen molar-refractivity contribution in [1.82, 2.24) is 5.01 Å². The molecule has 2 atom stereocenters. The largest absolute Gasteiger partial charge is 0.375 e. The number of non-ortho nitro benzene ring substituents is 2. The Morgan fingerprint density at radius 2 is 1.65 bits per heavy atom. The highest BCUT2D eigenvalue weighted by atomic mass is 32.1. The number of allylic oxidation sites excluding steroid dienone is 1. The first-order valence-corrected chi connectivity index (χ1v) is 10.1. The number of nitrogens with two attached hydrogens (primary N) is 1. The van der Waals surface area contributed by atoms with Crippen molar-refractivity contribution in [3.8, 4) is 0 Å². The summed E-state index contributed by atoms with van der Waals surface area (Å²) in [5, 5.41) is 28.4. The van der Waals surface area contributed by atoms with Crippen LogP contribution in [0.1, 0.15) is 36.4 Å². The maximum atomic E-state index is 11.0. The summed E-state index contributed by atoms with van der Waals surface area (Å²) in [4.78, 5) is 21.0. The van der Waals surface area contributed by atoms with Gasteiger partial charge in [-0.1, -0.05) is 12.1 Å². The molecule has 0 bridgehead atoms. The van der Waals surface area contributed by atoms with Crippen molar-refractivity contribution in [3.05, 3.63) is 85.5 Å². The van der Waals surface area contributed by atoms with Crippen molar-refractivity contribution in [1.29, 1.82) is 0 Å². The third-order valence-corrected chi connectivity index (χ3v) is 5.80. The Morgan fingerprint density at radius 1 is 1.06 bits per heavy atom. The van der Waals surface area contributed by atoms with Gasteiger partial charge in [-0.25, -0.2) is 5.01 Å². The Balaban J connectivity index is 1.68. The molecule has 0 radical (unpaired) electrons. The third kappa shape index (κ3) is 4.02. The van der Waals surface area contributed by atoms with Crippen LogP contribution < -0.4 is 5.73 Å². The van der Waals surface area contributed by atoms with E-state index in [0.29, 0.717) is 0 Å². The molecule has 2 aromatic carbocycles. The van der Waals surface area contributed by atoms with Gasteiger partial charge in [0.1, 0.15) is 0 Å². The van der Waals surface area contributed by atoms with Crippen LogP contribution in [-0.2, 0) is 0 Å². The Labute approximate surface area is 183 Å². The summed E-state index contributed by atoms with van der Waals surface area (Å²) >= 11 is 5.23. The lowest BCUT2D eigenvalue weighted by molar-refractivity contribution is -0.385. The Bertz CT molecular complexity index is 1110. The Morgan fingerprint density at radius 3 is 2.19 bits per heavy atom. The van der Waals surface area contributed by atoms with Gasteiger partial charge in [0.15, 0.2) is 5.11 Å². The first kappa shape index (κ1) is 20.6. The van der Waals surface area contributed by atoms with Gasteiger partial charge in [0.2, 0.25) is 0 Å². The average molecular weight is 437 g/mol. The van der Waals surface area contributed by atoms with Crippen LogP contribution in [0.5, 0.6) is 0 Å². The minimum Gasteiger partial charge on any atom is -0.375 e. The quantitative estimate of drug-likeness (QED) is 0.428. The van der Waals surface area contributed by atoms with E-state index in [1.54, 1.807) is 29.3 Å². The van der Waals surface area contributed by atoms with E-state index in [1.165, 1.54) is 24.3 Å². The summed E-state index contributed by atoms with van der Waals surface area (Å²) < 4.78 is 0. The fraction of sp³-hybridized carbons (Fsp3) is 0.238. The molecule has 1 aliphatic carbocycles. The maximum Gasteiger partial charge on any atom is 0.269 e. The van der Waals surface area contributed by atoms with Crippen LogP contribution in [-0.4, -0.2) is 25.7 Å². The molecule has 31 heavy (non-hydrogen) atoms. The first-order valence-electron chi connectivity index (χ1n) is 9.72. The van der Waals surface area contributed by atoms with E-state index >= 15 is 0 Å². The van der Waals surface area contributed by atoms with Crippen LogP contribution >= 0.6 is 12.2 Å². The number of fused-ring (bicyclic) bond motifs is 1. The Hall–Kier alpha value is -3.66. The van der Waals surface area contributed by atoms with Gasteiger partial charge in [-0.2, -0.15) is 5.10 Å². The van der Waals surface area contributed by atoms with Crippen molar-refractivity contribution in [2.75, 3.05) is 0 Å². The molecule has 0 aromatic heterocycles. The zero-order valence-electron chi connectivity index (χ0n) is 16.4. The molecule has 0 saturated heterocycles. The molecular weight excluding hydrogens is 418 g/mol. The lowest BCUT2D eigenvalue weighted by Crippen LogP contribution is -2.34. The molecule has 0 spiro atoms. The minimum atomic E-state index is -0.433. The number of rotatable bonds is 4. The third-order valence-electron chi connectivity index (χ3n) is 5.62. The molecule has 4 rings (SSSR count). The number of hydrogen-bond acceptors (Lipinski definition) is 6. The summed E-state index contributed by atoms with van der Waals surface area (Å²) in [6.45, 7) is 0. The summed E-state index contributed by atoms with van der Waals surface area (Å²) in [5.74, 6) is 0.0426. The molecule has 1 heterocycles. The van der Waals surface area contributed by atoms with Crippen molar-refractivity contribution >= 4 is 40.5 Å².